The molecular formula is C17H15N3O2S2. The van der Waals surface area contributed by atoms with Gasteiger partial charge in [0.15, 0.2) is 0 Å². The molecule has 2 aromatic rings. The van der Waals surface area contributed by atoms with Gasteiger partial charge in [0.25, 0.3) is 0 Å². The zero-order chi connectivity index (χ0) is 16.5. The maximum absolute atomic E-state index is 12.7. The Labute approximate surface area is 148 Å². The third-order valence-electron chi connectivity index (χ3n) is 4.20. The van der Waals surface area contributed by atoms with Crippen molar-refractivity contribution in [1.29, 1.82) is 5.26 Å². The minimum Gasteiger partial charge on any atom is -0.468 e. The molecule has 2 aromatic heterocycles. The lowest BCUT2D eigenvalue weighted by Crippen LogP contribution is -2.46. The van der Waals surface area contributed by atoms with Crippen LogP contribution in [0.4, 0.5) is 0 Å². The molecule has 4 rings (SSSR count). The van der Waals surface area contributed by atoms with Crippen molar-refractivity contribution in [3.05, 3.63) is 57.1 Å². The zero-order valence-electron chi connectivity index (χ0n) is 12.8. The van der Waals surface area contributed by atoms with Crippen LogP contribution in [0.2, 0.25) is 0 Å². The summed E-state index contributed by atoms with van der Waals surface area (Å²) in [6.07, 6.45) is 2.02. The van der Waals surface area contributed by atoms with Crippen molar-refractivity contribution in [3.63, 3.8) is 0 Å². The molecule has 0 unspecified atom stereocenters. The molecule has 24 heavy (non-hydrogen) atoms. The molecule has 0 radical (unpaired) electrons. The van der Waals surface area contributed by atoms with Gasteiger partial charge in [-0.3, -0.25) is 14.6 Å². The van der Waals surface area contributed by atoms with Gasteiger partial charge in [-0.1, -0.05) is 17.8 Å². The van der Waals surface area contributed by atoms with Gasteiger partial charge in [0.2, 0.25) is 5.91 Å². The molecular weight excluding hydrogens is 342 g/mol. The number of thioether (sulfide) groups is 1. The van der Waals surface area contributed by atoms with Gasteiger partial charge in [0, 0.05) is 17.2 Å². The molecule has 0 N–H and O–H groups in total. The molecule has 0 bridgehead atoms. The molecule has 1 saturated heterocycles. The summed E-state index contributed by atoms with van der Waals surface area (Å²) in [5, 5.41) is 12.5. The van der Waals surface area contributed by atoms with Gasteiger partial charge >= 0.3 is 0 Å². The number of hydrogen-bond acceptors (Lipinski definition) is 6. The lowest BCUT2D eigenvalue weighted by Gasteiger charge is -2.40. The van der Waals surface area contributed by atoms with Gasteiger partial charge in [-0.25, -0.2) is 0 Å². The predicted octanol–water partition coefficient (Wildman–Crippen LogP) is 3.56. The van der Waals surface area contributed by atoms with E-state index in [1.165, 1.54) is 0 Å². The van der Waals surface area contributed by atoms with E-state index in [2.05, 4.69) is 11.0 Å². The number of nitrogens with zero attached hydrogens (tertiary/aromatic N) is 3. The first-order chi connectivity index (χ1) is 11.8. The summed E-state index contributed by atoms with van der Waals surface area (Å²) in [6.45, 7) is 1.16. The van der Waals surface area contributed by atoms with Gasteiger partial charge in [-0.05, 0) is 23.6 Å². The Bertz CT molecular complexity index is 806. The number of thiophene rings is 1. The molecule has 0 spiro atoms. The number of nitriles is 1. The van der Waals surface area contributed by atoms with Crippen LogP contribution in [0.1, 0.15) is 23.0 Å². The van der Waals surface area contributed by atoms with Crippen LogP contribution < -0.4 is 0 Å². The summed E-state index contributed by atoms with van der Waals surface area (Å²) < 4.78 is 5.39. The number of carbonyl (C=O) groups is 1. The number of hydrogen-bond donors (Lipinski definition) is 0. The molecule has 2 aliphatic rings. The van der Waals surface area contributed by atoms with Crippen LogP contribution >= 0.6 is 23.1 Å². The van der Waals surface area contributed by atoms with E-state index in [1.807, 2.05) is 29.6 Å². The first-order valence-corrected chi connectivity index (χ1v) is 9.48. The summed E-state index contributed by atoms with van der Waals surface area (Å²) in [7, 11) is 0. The van der Waals surface area contributed by atoms with E-state index in [9.17, 15) is 10.1 Å². The molecule has 1 fully saturated rings. The molecule has 0 saturated carbocycles. The summed E-state index contributed by atoms with van der Waals surface area (Å²) in [6, 6.07) is 10.1. The van der Waals surface area contributed by atoms with Crippen molar-refractivity contribution in [1.82, 2.24) is 9.80 Å². The van der Waals surface area contributed by atoms with Crippen molar-refractivity contribution >= 4 is 29.0 Å². The predicted molar refractivity (Wildman–Crippen MR) is 92.7 cm³/mol. The molecule has 4 heterocycles. The van der Waals surface area contributed by atoms with Crippen molar-refractivity contribution < 1.29 is 9.21 Å². The summed E-state index contributed by atoms with van der Waals surface area (Å²) in [5.41, 5.74) is 0.722. The highest BCUT2D eigenvalue weighted by Gasteiger charge is 2.38. The normalized spacial score (nSPS) is 21.7. The average Bonchev–Trinajstić information content (AvgIpc) is 3.28. The van der Waals surface area contributed by atoms with Crippen LogP contribution in [0.15, 0.2) is 50.9 Å². The molecule has 5 nitrogen and oxygen atoms in total. The molecule has 7 heteroatoms. The second-order valence-electron chi connectivity index (χ2n) is 5.75. The van der Waals surface area contributed by atoms with Crippen molar-refractivity contribution in [2.75, 3.05) is 12.5 Å². The van der Waals surface area contributed by atoms with E-state index in [1.54, 1.807) is 34.3 Å². The molecule has 0 aromatic carbocycles. The van der Waals surface area contributed by atoms with Gasteiger partial charge in [0.1, 0.15) is 5.76 Å². The highest BCUT2D eigenvalue weighted by atomic mass is 32.2. The van der Waals surface area contributed by atoms with E-state index in [0.29, 0.717) is 19.6 Å². The minimum atomic E-state index is -0.0992. The fraction of sp³-hybridized carbons (Fsp3) is 0.294. The average molecular weight is 357 g/mol. The van der Waals surface area contributed by atoms with Crippen LogP contribution in [0.5, 0.6) is 0 Å². The number of carbonyl (C=O) groups excluding carboxylic acids is 1. The Morgan fingerprint density at radius 2 is 2.29 bits per heavy atom. The number of fused-ring (bicyclic) bond motifs is 1. The second kappa shape index (κ2) is 6.48. The number of rotatable bonds is 3. The topological polar surface area (TPSA) is 60.5 Å². The van der Waals surface area contributed by atoms with Crippen molar-refractivity contribution in [3.8, 4) is 6.07 Å². The molecule has 1 amide bonds. The largest absolute Gasteiger partial charge is 0.468 e. The Morgan fingerprint density at radius 1 is 1.38 bits per heavy atom. The maximum Gasteiger partial charge on any atom is 0.229 e. The van der Waals surface area contributed by atoms with Gasteiger partial charge < -0.3 is 4.42 Å². The number of allylic oxidation sites excluding steroid dienone is 1. The fourth-order valence-corrected chi connectivity index (χ4v) is 5.04. The molecule has 1 atom stereocenters. The molecule has 2 aliphatic heterocycles. The second-order valence-corrected chi connectivity index (χ2v) is 7.66. The monoisotopic (exact) mass is 357 g/mol. The van der Waals surface area contributed by atoms with E-state index in [0.717, 1.165) is 27.1 Å². The van der Waals surface area contributed by atoms with E-state index in [4.69, 9.17) is 4.42 Å². The summed E-state index contributed by atoms with van der Waals surface area (Å²) >= 11 is 3.17. The fourth-order valence-electron chi connectivity index (χ4n) is 3.06. The summed E-state index contributed by atoms with van der Waals surface area (Å²) in [4.78, 5) is 17.6. The van der Waals surface area contributed by atoms with E-state index in [-0.39, 0.29) is 11.8 Å². The molecule has 0 aliphatic carbocycles. The number of amides is 1. The smallest absolute Gasteiger partial charge is 0.229 e. The molecule has 122 valence electrons. The minimum absolute atomic E-state index is 0.0824. The highest BCUT2D eigenvalue weighted by Crippen LogP contribution is 2.43. The number of furan rings is 1. The highest BCUT2D eigenvalue weighted by molar-refractivity contribution is 8.03. The van der Waals surface area contributed by atoms with Crippen molar-refractivity contribution in [2.24, 2.45) is 0 Å². The lowest BCUT2D eigenvalue weighted by atomic mass is 9.92. The van der Waals surface area contributed by atoms with Crippen LogP contribution in [0, 0.1) is 11.3 Å². The Kier molecular flexibility index (Phi) is 4.19. The van der Waals surface area contributed by atoms with Gasteiger partial charge in [-0.15, -0.1) is 11.3 Å². The summed E-state index contributed by atoms with van der Waals surface area (Å²) in [5.74, 6) is 1.60. The van der Waals surface area contributed by atoms with E-state index >= 15 is 0 Å². The van der Waals surface area contributed by atoms with E-state index < -0.39 is 0 Å². The van der Waals surface area contributed by atoms with Crippen LogP contribution in [0.3, 0.4) is 0 Å². The Balaban J connectivity index is 1.60. The first-order valence-electron chi connectivity index (χ1n) is 7.62. The SMILES string of the molecule is N#CC1=C2SCN(Cc3ccco3)CN2C(=O)C[C@@H]1c1cccs1. The first kappa shape index (κ1) is 15.5. The maximum atomic E-state index is 12.7. The lowest BCUT2D eigenvalue weighted by molar-refractivity contribution is -0.131. The zero-order valence-corrected chi connectivity index (χ0v) is 14.5. The van der Waals surface area contributed by atoms with Crippen LogP contribution in [-0.4, -0.2) is 28.3 Å². The standard InChI is InChI=1S/C17H15N3O2S2/c18-8-14-13(15-4-2-6-23-15)7-16(21)20-10-19(11-24-17(14)20)9-12-3-1-5-22-12/h1-6,13H,7,9-11H2/t13-/m0/s1. The third kappa shape index (κ3) is 2.77. The Morgan fingerprint density at radius 3 is 3.00 bits per heavy atom. The van der Waals surface area contributed by atoms with Crippen LogP contribution in [0.25, 0.3) is 0 Å². The quantitative estimate of drug-likeness (QED) is 0.841. The third-order valence-corrected chi connectivity index (χ3v) is 6.39. The van der Waals surface area contributed by atoms with Gasteiger partial charge in [0.05, 0.1) is 42.0 Å². The van der Waals surface area contributed by atoms with Crippen molar-refractivity contribution in [2.45, 2.75) is 18.9 Å². The van der Waals surface area contributed by atoms with Crippen LogP contribution in [-0.2, 0) is 11.3 Å². The Hall–Kier alpha value is -2.01. The van der Waals surface area contributed by atoms with Gasteiger partial charge in [-0.2, -0.15) is 5.26 Å².